The number of anilines is 1. The van der Waals surface area contributed by atoms with Crippen LogP contribution in [0.25, 0.3) is 21.9 Å². The second-order valence-electron chi connectivity index (χ2n) is 8.97. The monoisotopic (exact) mass is 431 g/mol. The first-order valence-corrected chi connectivity index (χ1v) is 10.9. The number of nitrogen functional groups attached to an aromatic ring is 1. The Morgan fingerprint density at radius 1 is 1.12 bits per heavy atom. The van der Waals surface area contributed by atoms with Gasteiger partial charge >= 0.3 is 0 Å². The molecule has 8 heteroatoms. The molecule has 1 aromatic carbocycles. The fraction of sp³-hybridized carbons (Fsp3) is 0.375. The van der Waals surface area contributed by atoms with Gasteiger partial charge in [-0.3, -0.25) is 4.98 Å². The van der Waals surface area contributed by atoms with E-state index in [0.717, 1.165) is 33.9 Å². The highest BCUT2D eigenvalue weighted by atomic mass is 16.8. The fourth-order valence-electron chi connectivity index (χ4n) is 5.01. The van der Waals surface area contributed by atoms with Gasteiger partial charge < -0.3 is 24.5 Å². The molecule has 6 rings (SSSR count). The van der Waals surface area contributed by atoms with Crippen LogP contribution >= 0.6 is 0 Å². The van der Waals surface area contributed by atoms with E-state index in [1.54, 1.807) is 0 Å². The molecule has 164 valence electrons. The molecule has 1 saturated heterocycles. The number of nitrogens with two attached hydrogens (primary N) is 1. The van der Waals surface area contributed by atoms with Crippen molar-refractivity contribution in [2.75, 3.05) is 5.73 Å². The minimum absolute atomic E-state index is 0.0249. The van der Waals surface area contributed by atoms with E-state index in [9.17, 15) is 0 Å². The predicted octanol–water partition coefficient (Wildman–Crippen LogP) is 3.61. The summed E-state index contributed by atoms with van der Waals surface area (Å²) in [7, 11) is 0. The Labute approximate surface area is 185 Å². The molecule has 4 heterocycles. The smallest absolute Gasteiger partial charge is 0.164 e. The van der Waals surface area contributed by atoms with Crippen LogP contribution in [0, 0.1) is 0 Å². The molecule has 1 saturated carbocycles. The van der Waals surface area contributed by atoms with Crippen LogP contribution < -0.4 is 5.73 Å². The van der Waals surface area contributed by atoms with E-state index in [4.69, 9.17) is 19.9 Å². The molecule has 0 bridgehead atoms. The minimum Gasteiger partial charge on any atom is -0.383 e. The van der Waals surface area contributed by atoms with Crippen molar-refractivity contribution in [1.29, 1.82) is 0 Å². The van der Waals surface area contributed by atoms with Crippen molar-refractivity contribution in [1.82, 2.24) is 19.5 Å². The van der Waals surface area contributed by atoms with Crippen molar-refractivity contribution >= 4 is 27.8 Å². The van der Waals surface area contributed by atoms with Crippen LogP contribution in [0.2, 0.25) is 0 Å². The number of rotatable bonds is 4. The van der Waals surface area contributed by atoms with E-state index in [2.05, 4.69) is 43.8 Å². The molecule has 2 aliphatic rings. The lowest BCUT2D eigenvalue weighted by Crippen LogP contribution is -2.30. The van der Waals surface area contributed by atoms with Crippen LogP contribution in [0.4, 0.5) is 5.82 Å². The maximum Gasteiger partial charge on any atom is 0.164 e. The number of ether oxygens (including phenoxy) is 3. The van der Waals surface area contributed by atoms with E-state index in [1.165, 1.54) is 6.33 Å². The summed E-state index contributed by atoms with van der Waals surface area (Å²) in [6.45, 7) is 4.38. The lowest BCUT2D eigenvalue weighted by atomic mass is 10.1. The van der Waals surface area contributed by atoms with Crippen molar-refractivity contribution in [3.05, 3.63) is 60.7 Å². The lowest BCUT2D eigenvalue weighted by molar-refractivity contribution is -0.171. The van der Waals surface area contributed by atoms with Crippen molar-refractivity contribution < 1.29 is 14.2 Å². The van der Waals surface area contributed by atoms with Crippen molar-refractivity contribution in [2.24, 2.45) is 0 Å². The predicted molar refractivity (Wildman–Crippen MR) is 120 cm³/mol. The Hall–Kier alpha value is -3.07. The summed E-state index contributed by atoms with van der Waals surface area (Å²) in [5, 5.41) is 1.96. The highest BCUT2D eigenvalue weighted by molar-refractivity contribution is 5.86. The van der Waals surface area contributed by atoms with Gasteiger partial charge in [-0.25, -0.2) is 9.97 Å². The molecule has 4 atom stereocenters. The molecule has 0 radical (unpaired) electrons. The Morgan fingerprint density at radius 2 is 2.00 bits per heavy atom. The van der Waals surface area contributed by atoms with Gasteiger partial charge in [-0.2, -0.15) is 0 Å². The van der Waals surface area contributed by atoms with Crippen LogP contribution in [0.3, 0.4) is 0 Å². The maximum absolute atomic E-state index is 6.41. The lowest BCUT2D eigenvalue weighted by Gasteiger charge is -2.24. The molecule has 0 spiro atoms. The molecule has 0 unspecified atom stereocenters. The average Bonchev–Trinajstić information content (AvgIpc) is 3.44. The zero-order valence-corrected chi connectivity index (χ0v) is 18.0. The Balaban J connectivity index is 1.28. The number of hydrogen-bond acceptors (Lipinski definition) is 7. The number of aromatic nitrogens is 4. The van der Waals surface area contributed by atoms with Gasteiger partial charge in [0.25, 0.3) is 0 Å². The van der Waals surface area contributed by atoms with Gasteiger partial charge in [0.05, 0.1) is 29.7 Å². The van der Waals surface area contributed by atoms with Gasteiger partial charge in [0.15, 0.2) is 5.79 Å². The van der Waals surface area contributed by atoms with Gasteiger partial charge in [0, 0.05) is 17.8 Å². The average molecular weight is 431 g/mol. The number of pyridine rings is 1. The molecule has 3 aromatic heterocycles. The zero-order chi connectivity index (χ0) is 21.9. The summed E-state index contributed by atoms with van der Waals surface area (Å²) in [4.78, 5) is 13.0. The summed E-state index contributed by atoms with van der Waals surface area (Å²) in [6.07, 6.45) is 5.66. The molecule has 32 heavy (non-hydrogen) atoms. The zero-order valence-electron chi connectivity index (χ0n) is 18.0. The van der Waals surface area contributed by atoms with Crippen LogP contribution in [0.15, 0.2) is 55.1 Å². The van der Waals surface area contributed by atoms with E-state index in [-0.39, 0.29) is 24.4 Å². The second kappa shape index (κ2) is 7.23. The fourth-order valence-corrected chi connectivity index (χ4v) is 5.01. The first-order chi connectivity index (χ1) is 15.5. The van der Waals surface area contributed by atoms with E-state index < -0.39 is 5.79 Å². The van der Waals surface area contributed by atoms with Crippen LogP contribution in [0.1, 0.15) is 31.9 Å². The molecule has 2 N–H and O–H groups in total. The number of nitrogens with zero attached hydrogens (tertiary/aromatic N) is 4. The number of benzene rings is 1. The Kier molecular flexibility index (Phi) is 4.43. The quantitative estimate of drug-likeness (QED) is 0.527. The molecule has 1 aliphatic heterocycles. The molecule has 4 aromatic rings. The third kappa shape index (κ3) is 3.23. The van der Waals surface area contributed by atoms with Crippen LogP contribution in [0.5, 0.6) is 0 Å². The van der Waals surface area contributed by atoms with E-state index >= 15 is 0 Å². The molecular weight excluding hydrogens is 406 g/mol. The van der Waals surface area contributed by atoms with Crippen molar-refractivity contribution in [3.63, 3.8) is 0 Å². The van der Waals surface area contributed by atoms with Gasteiger partial charge in [-0.1, -0.05) is 18.2 Å². The van der Waals surface area contributed by atoms with Gasteiger partial charge in [-0.05, 0) is 44.0 Å². The van der Waals surface area contributed by atoms with Gasteiger partial charge in [0.1, 0.15) is 30.0 Å². The molecule has 8 nitrogen and oxygen atoms in total. The summed E-state index contributed by atoms with van der Waals surface area (Å²) >= 11 is 0. The Bertz CT molecular complexity index is 1300. The summed E-state index contributed by atoms with van der Waals surface area (Å²) < 4.78 is 21.1. The van der Waals surface area contributed by atoms with E-state index in [0.29, 0.717) is 12.4 Å². The normalized spacial score (nSPS) is 26.7. The number of hydrogen-bond donors (Lipinski definition) is 1. The summed E-state index contributed by atoms with van der Waals surface area (Å²) in [5.41, 5.74) is 8.90. The molecular formula is C24H25N5O3. The molecule has 2 fully saturated rings. The SMILES string of the molecule is CC1(C)O[C@@H]2[C@H](O1)[C@@H](OCc1ccc3cccnc3c1)C[C@H]2n1ccc2c(N)ncnc21. The highest BCUT2D eigenvalue weighted by Crippen LogP contribution is 2.46. The Morgan fingerprint density at radius 3 is 2.91 bits per heavy atom. The summed E-state index contributed by atoms with van der Waals surface area (Å²) in [5.74, 6) is -0.190. The topological polar surface area (TPSA) is 97.3 Å². The van der Waals surface area contributed by atoms with Gasteiger partial charge in [0.2, 0.25) is 0 Å². The third-order valence-electron chi connectivity index (χ3n) is 6.41. The van der Waals surface area contributed by atoms with Crippen molar-refractivity contribution in [2.45, 2.75) is 57.0 Å². The molecule has 1 aliphatic carbocycles. The molecule has 0 amide bonds. The minimum atomic E-state index is -0.667. The number of fused-ring (bicyclic) bond motifs is 3. The second-order valence-corrected chi connectivity index (χ2v) is 8.97. The first-order valence-electron chi connectivity index (χ1n) is 10.9. The van der Waals surface area contributed by atoms with Crippen LogP contribution in [-0.4, -0.2) is 43.6 Å². The van der Waals surface area contributed by atoms with Crippen molar-refractivity contribution in [3.8, 4) is 0 Å². The van der Waals surface area contributed by atoms with E-state index in [1.807, 2.05) is 38.4 Å². The maximum atomic E-state index is 6.41. The van der Waals surface area contributed by atoms with Gasteiger partial charge in [-0.15, -0.1) is 0 Å². The third-order valence-corrected chi connectivity index (χ3v) is 6.41. The summed E-state index contributed by atoms with van der Waals surface area (Å²) in [6, 6.07) is 12.2. The standard InChI is InChI=1S/C24H25N5O3/c1-24(2)31-20-18(29-9-7-16-22(25)27-13-28-23(16)29)11-19(21(20)32-24)30-12-14-5-6-15-4-3-8-26-17(15)10-14/h3-10,13,18-21H,11-12H2,1-2H3,(H2,25,27,28)/t18-,19+,20+,21-/m1/s1. The van der Waals surface area contributed by atoms with Crippen LogP contribution in [-0.2, 0) is 20.8 Å². The largest absolute Gasteiger partial charge is 0.383 e. The first kappa shape index (κ1) is 19.6. The highest BCUT2D eigenvalue weighted by Gasteiger charge is 2.55.